The van der Waals surface area contributed by atoms with Gasteiger partial charge in [0.1, 0.15) is 5.75 Å². The first kappa shape index (κ1) is 20.7. The standard InChI is InChI=1S/C27H15F3O3S/c28-27(29,30)34(31,32)33-21-13-14-23-20(15-21)12-11-18-8-10-19-9-7-17-6-5-16-3-1-2-4-22(16)24(17)26(19)25(18)23/h1-15H. The van der Waals surface area contributed by atoms with Crippen LogP contribution in [0, 0.1) is 0 Å². The van der Waals surface area contributed by atoms with E-state index in [0.29, 0.717) is 5.39 Å². The number of hydrogen-bond acceptors (Lipinski definition) is 3. The highest BCUT2D eigenvalue weighted by Gasteiger charge is 2.48. The van der Waals surface area contributed by atoms with Crippen LogP contribution in [0.4, 0.5) is 13.2 Å². The smallest absolute Gasteiger partial charge is 0.376 e. The van der Waals surface area contributed by atoms with Gasteiger partial charge < -0.3 is 4.18 Å². The van der Waals surface area contributed by atoms with Gasteiger partial charge in [-0.15, -0.1) is 0 Å². The van der Waals surface area contributed by atoms with Crippen molar-refractivity contribution < 1.29 is 25.8 Å². The zero-order valence-electron chi connectivity index (χ0n) is 17.4. The van der Waals surface area contributed by atoms with Crippen molar-refractivity contribution in [2.24, 2.45) is 0 Å². The summed E-state index contributed by atoms with van der Waals surface area (Å²) >= 11 is 0. The van der Waals surface area contributed by atoms with E-state index in [1.54, 1.807) is 12.1 Å². The van der Waals surface area contributed by atoms with Crippen LogP contribution >= 0.6 is 0 Å². The van der Waals surface area contributed by atoms with Gasteiger partial charge in [0.2, 0.25) is 0 Å². The normalized spacial score (nSPS) is 12.8. The second-order valence-electron chi connectivity index (χ2n) is 8.14. The number of alkyl halides is 3. The number of hydrogen-bond donors (Lipinski definition) is 0. The minimum atomic E-state index is -5.75. The summed E-state index contributed by atoms with van der Waals surface area (Å²) in [5.74, 6) is -0.389. The summed E-state index contributed by atoms with van der Waals surface area (Å²) in [6, 6.07) is 28.3. The third-order valence-electron chi connectivity index (χ3n) is 6.15. The summed E-state index contributed by atoms with van der Waals surface area (Å²) in [5, 5.41) is 9.73. The van der Waals surface area contributed by atoms with Gasteiger partial charge in [-0.05, 0) is 72.1 Å². The molecule has 0 bridgehead atoms. The third kappa shape index (κ3) is 3.08. The van der Waals surface area contributed by atoms with Crippen LogP contribution in [0.5, 0.6) is 5.75 Å². The van der Waals surface area contributed by atoms with Crippen molar-refractivity contribution >= 4 is 64.0 Å². The maximum absolute atomic E-state index is 12.8. The molecule has 6 aromatic carbocycles. The maximum Gasteiger partial charge on any atom is 0.534 e. The van der Waals surface area contributed by atoms with Crippen molar-refractivity contribution in [1.29, 1.82) is 0 Å². The lowest BCUT2D eigenvalue weighted by Crippen LogP contribution is -2.28. The van der Waals surface area contributed by atoms with Crippen LogP contribution in [0.15, 0.2) is 91.0 Å². The predicted octanol–water partition coefficient (Wildman–Crippen LogP) is 7.68. The molecule has 0 aliphatic rings. The Morgan fingerprint density at radius 3 is 1.68 bits per heavy atom. The third-order valence-corrected chi connectivity index (χ3v) is 7.13. The van der Waals surface area contributed by atoms with E-state index >= 15 is 0 Å². The first-order valence-electron chi connectivity index (χ1n) is 10.4. The Morgan fingerprint density at radius 1 is 0.559 bits per heavy atom. The highest BCUT2D eigenvalue weighted by Crippen LogP contribution is 2.40. The number of halogens is 3. The van der Waals surface area contributed by atoms with E-state index in [1.807, 2.05) is 24.3 Å². The van der Waals surface area contributed by atoms with Gasteiger partial charge in [0.15, 0.2) is 0 Å². The molecule has 3 nitrogen and oxygen atoms in total. The van der Waals surface area contributed by atoms with Gasteiger partial charge in [0.25, 0.3) is 0 Å². The molecule has 6 aromatic rings. The molecule has 0 spiro atoms. The molecule has 0 aliphatic heterocycles. The van der Waals surface area contributed by atoms with Crippen LogP contribution in [-0.2, 0) is 10.1 Å². The lowest BCUT2D eigenvalue weighted by atomic mass is 9.91. The number of rotatable bonds is 2. The molecule has 0 N–H and O–H groups in total. The van der Waals surface area contributed by atoms with E-state index in [4.69, 9.17) is 0 Å². The summed E-state index contributed by atoms with van der Waals surface area (Å²) < 4.78 is 65.6. The summed E-state index contributed by atoms with van der Waals surface area (Å²) in [5.41, 5.74) is -5.50. The molecule has 168 valence electrons. The quantitative estimate of drug-likeness (QED) is 0.146. The molecule has 7 heteroatoms. The van der Waals surface area contributed by atoms with Gasteiger partial charge in [0, 0.05) is 0 Å². The van der Waals surface area contributed by atoms with Crippen LogP contribution < -0.4 is 4.18 Å². The van der Waals surface area contributed by atoms with Crippen molar-refractivity contribution in [2.75, 3.05) is 0 Å². The predicted molar refractivity (Wildman–Crippen MR) is 130 cm³/mol. The molecule has 34 heavy (non-hydrogen) atoms. The minimum Gasteiger partial charge on any atom is -0.376 e. The van der Waals surface area contributed by atoms with E-state index in [9.17, 15) is 21.6 Å². The SMILES string of the molecule is O=S(=O)(Oc1ccc2c(ccc3ccc4ccc5ccc6ccccc6c5c4c32)c1)C(F)(F)F. The van der Waals surface area contributed by atoms with Gasteiger partial charge in [0.05, 0.1) is 0 Å². The molecule has 0 atom stereocenters. The Morgan fingerprint density at radius 2 is 1.06 bits per heavy atom. The molecule has 0 saturated heterocycles. The van der Waals surface area contributed by atoms with E-state index in [2.05, 4.69) is 46.6 Å². The maximum atomic E-state index is 12.8. The van der Waals surface area contributed by atoms with Gasteiger partial charge >= 0.3 is 15.6 Å². The van der Waals surface area contributed by atoms with E-state index in [1.165, 1.54) is 12.1 Å². The average Bonchev–Trinajstić information content (AvgIpc) is 2.82. The van der Waals surface area contributed by atoms with Crippen molar-refractivity contribution in [1.82, 2.24) is 0 Å². The number of benzene rings is 6. The summed E-state index contributed by atoms with van der Waals surface area (Å²) in [4.78, 5) is 0. The van der Waals surface area contributed by atoms with Crippen molar-refractivity contribution in [3.63, 3.8) is 0 Å². The Hall–Kier alpha value is -3.84. The topological polar surface area (TPSA) is 43.4 Å². The van der Waals surface area contributed by atoms with Crippen LogP contribution in [0.25, 0.3) is 53.9 Å². The summed E-state index contributed by atoms with van der Waals surface area (Å²) in [6.07, 6.45) is 0. The van der Waals surface area contributed by atoms with Gasteiger partial charge in [-0.25, -0.2) is 0 Å². The first-order valence-corrected chi connectivity index (χ1v) is 11.8. The fraction of sp³-hybridized carbons (Fsp3) is 0.0370. The second kappa shape index (κ2) is 7.08. The molecule has 0 unspecified atom stereocenters. The molecule has 6 rings (SSSR count). The van der Waals surface area contributed by atoms with E-state index < -0.39 is 15.6 Å². The number of fused-ring (bicyclic) bond motifs is 9. The summed E-state index contributed by atoms with van der Waals surface area (Å²) in [6.45, 7) is 0. The van der Waals surface area contributed by atoms with Crippen molar-refractivity contribution in [3.8, 4) is 5.75 Å². The highest BCUT2D eigenvalue weighted by molar-refractivity contribution is 7.88. The minimum absolute atomic E-state index is 0.389. The van der Waals surface area contributed by atoms with Gasteiger partial charge in [-0.3, -0.25) is 0 Å². The first-order chi connectivity index (χ1) is 16.2. The molecule has 0 fully saturated rings. The van der Waals surface area contributed by atoms with Crippen LogP contribution in [0.1, 0.15) is 0 Å². The highest BCUT2D eigenvalue weighted by atomic mass is 32.2. The largest absolute Gasteiger partial charge is 0.534 e. The van der Waals surface area contributed by atoms with Crippen LogP contribution in [0.3, 0.4) is 0 Å². The molecule has 0 aliphatic carbocycles. The van der Waals surface area contributed by atoms with Crippen molar-refractivity contribution in [2.45, 2.75) is 5.51 Å². The Kier molecular flexibility index (Phi) is 4.32. The van der Waals surface area contributed by atoms with Gasteiger partial charge in [-0.1, -0.05) is 72.8 Å². The lowest BCUT2D eigenvalue weighted by molar-refractivity contribution is -0.0500. The molecule has 0 aromatic heterocycles. The van der Waals surface area contributed by atoms with E-state index in [-0.39, 0.29) is 5.75 Å². The monoisotopic (exact) mass is 476 g/mol. The molecule has 0 radical (unpaired) electrons. The average molecular weight is 476 g/mol. The Bertz CT molecular complexity index is 1880. The zero-order valence-corrected chi connectivity index (χ0v) is 18.2. The molecular formula is C27H15F3O3S. The zero-order chi connectivity index (χ0) is 23.7. The molecular weight excluding hydrogens is 461 g/mol. The molecule has 0 saturated carbocycles. The molecule has 0 heterocycles. The van der Waals surface area contributed by atoms with E-state index in [0.717, 1.165) is 48.5 Å². The fourth-order valence-electron chi connectivity index (χ4n) is 4.67. The van der Waals surface area contributed by atoms with Gasteiger partial charge in [-0.2, -0.15) is 21.6 Å². The summed E-state index contributed by atoms with van der Waals surface area (Å²) in [7, 11) is -5.75. The molecule has 0 amide bonds. The Balaban J connectivity index is 1.71. The lowest BCUT2D eigenvalue weighted by Gasteiger charge is -2.14. The van der Waals surface area contributed by atoms with Crippen LogP contribution in [0.2, 0.25) is 0 Å². The Labute approximate surface area is 192 Å². The van der Waals surface area contributed by atoms with Crippen molar-refractivity contribution in [3.05, 3.63) is 91.0 Å². The second-order valence-corrected chi connectivity index (χ2v) is 9.68. The fourth-order valence-corrected chi connectivity index (χ4v) is 5.12. The van der Waals surface area contributed by atoms with Crippen LogP contribution in [-0.4, -0.2) is 13.9 Å².